The Hall–Kier alpha value is -1.81. The lowest BCUT2D eigenvalue weighted by Crippen LogP contribution is -2.34. The van der Waals surface area contributed by atoms with E-state index in [1.807, 2.05) is 0 Å². The fourth-order valence-electron chi connectivity index (χ4n) is 1.15. The van der Waals surface area contributed by atoms with E-state index in [1.165, 1.54) is 11.3 Å². The number of carbonyl (C=O) groups excluding carboxylic acids is 3. The van der Waals surface area contributed by atoms with Crippen molar-refractivity contribution in [3.63, 3.8) is 0 Å². The smallest absolute Gasteiger partial charge is 0.416 e. The lowest BCUT2D eigenvalue weighted by Gasteiger charge is -2.15. The zero-order valence-corrected chi connectivity index (χ0v) is 11.8. The first-order valence-corrected chi connectivity index (χ1v) is 6.46. The van der Waals surface area contributed by atoms with Gasteiger partial charge in [-0.15, -0.1) is 11.3 Å². The van der Waals surface area contributed by atoms with Crippen LogP contribution < -0.4 is 16.8 Å². The molecule has 5 N–H and O–H groups in total. The number of nitrogens with one attached hydrogen (secondary N) is 1. The van der Waals surface area contributed by atoms with Crippen molar-refractivity contribution in [3.05, 3.63) is 20.8 Å². The number of halogens is 1. The molecular weight excluding hydrogens is 342 g/mol. The molecule has 0 spiro atoms. The van der Waals surface area contributed by atoms with Gasteiger partial charge in [0.15, 0.2) is 6.10 Å². The molecule has 0 aliphatic carbocycles. The molecule has 1 heterocycles. The van der Waals surface area contributed by atoms with Crippen LogP contribution in [-0.2, 0) is 9.47 Å². The number of hydrogen-bond donors (Lipinski definition) is 3. The van der Waals surface area contributed by atoms with Gasteiger partial charge in [0.05, 0.1) is 10.3 Å². The van der Waals surface area contributed by atoms with Crippen molar-refractivity contribution < 1.29 is 23.9 Å². The summed E-state index contributed by atoms with van der Waals surface area (Å²) >= 11 is 4.56. The van der Waals surface area contributed by atoms with Gasteiger partial charge in [-0.1, -0.05) is 0 Å². The highest BCUT2D eigenvalue weighted by atomic mass is 79.9. The SMILES string of the molecule is NC(=O)OC(=O)NC[C@H](OC(N)=O)c1ccc(Br)s1. The molecule has 10 heteroatoms. The van der Waals surface area contributed by atoms with Crippen LogP contribution in [0.4, 0.5) is 14.4 Å². The molecule has 1 aromatic heterocycles. The summed E-state index contributed by atoms with van der Waals surface area (Å²) in [6, 6.07) is 3.45. The van der Waals surface area contributed by atoms with Gasteiger partial charge >= 0.3 is 18.3 Å². The largest absolute Gasteiger partial charge is 0.439 e. The third kappa shape index (κ3) is 5.57. The van der Waals surface area contributed by atoms with Gasteiger partial charge in [-0.3, -0.25) is 0 Å². The summed E-state index contributed by atoms with van der Waals surface area (Å²) in [5, 5.41) is 2.22. The number of carbonyl (C=O) groups is 3. The van der Waals surface area contributed by atoms with E-state index in [-0.39, 0.29) is 6.54 Å². The Morgan fingerprint density at radius 1 is 1.32 bits per heavy atom. The Morgan fingerprint density at radius 2 is 2.00 bits per heavy atom. The van der Waals surface area contributed by atoms with E-state index in [2.05, 4.69) is 31.7 Å². The van der Waals surface area contributed by atoms with Crippen LogP contribution in [0, 0.1) is 0 Å². The van der Waals surface area contributed by atoms with Gasteiger partial charge < -0.3 is 26.3 Å². The predicted molar refractivity (Wildman–Crippen MR) is 69.5 cm³/mol. The molecule has 8 nitrogen and oxygen atoms in total. The number of ether oxygens (including phenoxy) is 2. The zero-order valence-electron chi connectivity index (χ0n) is 9.42. The number of nitrogens with two attached hydrogens (primary N) is 2. The fourth-order valence-corrected chi connectivity index (χ4v) is 2.60. The van der Waals surface area contributed by atoms with Gasteiger partial charge in [-0.05, 0) is 28.1 Å². The maximum atomic E-state index is 11.1. The summed E-state index contributed by atoms with van der Waals surface area (Å²) in [4.78, 5) is 32.8. The molecule has 1 atom stereocenters. The first-order chi connectivity index (χ1) is 8.88. The molecule has 0 bridgehead atoms. The van der Waals surface area contributed by atoms with E-state index < -0.39 is 24.4 Å². The van der Waals surface area contributed by atoms with Gasteiger partial charge in [-0.25, -0.2) is 14.4 Å². The zero-order chi connectivity index (χ0) is 14.4. The Bertz CT molecular complexity index is 492. The minimum atomic E-state index is -1.23. The normalized spacial score (nSPS) is 11.4. The van der Waals surface area contributed by atoms with E-state index in [0.29, 0.717) is 4.88 Å². The highest BCUT2D eigenvalue weighted by Gasteiger charge is 2.19. The third-order valence-electron chi connectivity index (χ3n) is 1.79. The molecular formula is C9H10BrN3O5S. The highest BCUT2D eigenvalue weighted by molar-refractivity contribution is 9.11. The van der Waals surface area contributed by atoms with Crippen LogP contribution in [0.2, 0.25) is 0 Å². The standard InChI is InChI=1S/C9H10BrN3O5S/c10-6-2-1-5(19-6)4(17-7(11)14)3-13-9(16)18-8(12)15/h1-2,4H,3H2,(H2,11,14)(H2,12,15)(H,13,16)/t4-/m0/s1. The molecule has 104 valence electrons. The Kier molecular flexibility index (Phi) is 5.57. The minimum absolute atomic E-state index is 0.109. The lowest BCUT2D eigenvalue weighted by molar-refractivity contribution is 0.104. The molecule has 0 aliphatic rings. The van der Waals surface area contributed by atoms with Crippen molar-refractivity contribution >= 4 is 45.5 Å². The molecule has 0 aromatic carbocycles. The van der Waals surface area contributed by atoms with Crippen LogP contribution in [0.1, 0.15) is 11.0 Å². The lowest BCUT2D eigenvalue weighted by atomic mass is 10.3. The number of hydrogen-bond acceptors (Lipinski definition) is 6. The average molecular weight is 352 g/mol. The second-order valence-corrected chi connectivity index (χ2v) is 5.65. The van der Waals surface area contributed by atoms with Crippen molar-refractivity contribution in [2.24, 2.45) is 11.5 Å². The Labute approximate surface area is 120 Å². The number of rotatable bonds is 4. The molecule has 0 radical (unpaired) electrons. The highest BCUT2D eigenvalue weighted by Crippen LogP contribution is 2.29. The molecule has 1 rings (SSSR count). The molecule has 0 saturated carbocycles. The van der Waals surface area contributed by atoms with Crippen LogP contribution in [0.15, 0.2) is 15.9 Å². The van der Waals surface area contributed by atoms with Crippen molar-refractivity contribution in [1.82, 2.24) is 5.32 Å². The average Bonchev–Trinajstić information content (AvgIpc) is 2.69. The van der Waals surface area contributed by atoms with Crippen molar-refractivity contribution in [2.45, 2.75) is 6.10 Å². The summed E-state index contributed by atoms with van der Waals surface area (Å²) in [6.45, 7) is -0.109. The van der Waals surface area contributed by atoms with Crippen LogP contribution in [0.25, 0.3) is 0 Å². The van der Waals surface area contributed by atoms with Gasteiger partial charge in [0.2, 0.25) is 0 Å². The van der Waals surface area contributed by atoms with E-state index in [9.17, 15) is 14.4 Å². The number of primary amides is 2. The number of amides is 3. The summed E-state index contributed by atoms with van der Waals surface area (Å²) in [7, 11) is 0. The topological polar surface area (TPSA) is 134 Å². The fraction of sp³-hybridized carbons (Fsp3) is 0.222. The molecule has 19 heavy (non-hydrogen) atoms. The first kappa shape index (κ1) is 15.2. The summed E-state index contributed by atoms with van der Waals surface area (Å²) in [5.41, 5.74) is 9.60. The molecule has 0 saturated heterocycles. The van der Waals surface area contributed by atoms with E-state index >= 15 is 0 Å². The van der Waals surface area contributed by atoms with Crippen LogP contribution >= 0.6 is 27.3 Å². The minimum Gasteiger partial charge on any atom is -0.439 e. The summed E-state index contributed by atoms with van der Waals surface area (Å²) in [5.74, 6) is 0. The van der Waals surface area contributed by atoms with E-state index in [1.54, 1.807) is 12.1 Å². The van der Waals surface area contributed by atoms with Crippen molar-refractivity contribution in [3.8, 4) is 0 Å². The molecule has 3 amide bonds. The van der Waals surface area contributed by atoms with Crippen LogP contribution in [0.3, 0.4) is 0 Å². The maximum Gasteiger partial charge on any atom is 0.416 e. The second kappa shape index (κ2) is 6.95. The predicted octanol–water partition coefficient (Wildman–Crippen LogP) is 1.45. The number of alkyl carbamates (subject to hydrolysis) is 1. The molecule has 0 aliphatic heterocycles. The van der Waals surface area contributed by atoms with Gasteiger partial charge in [0.1, 0.15) is 0 Å². The number of thiophene rings is 1. The maximum absolute atomic E-state index is 11.1. The van der Waals surface area contributed by atoms with Gasteiger partial charge in [-0.2, -0.15) is 0 Å². The monoisotopic (exact) mass is 351 g/mol. The Morgan fingerprint density at radius 3 is 2.47 bits per heavy atom. The Balaban J connectivity index is 2.63. The van der Waals surface area contributed by atoms with Gasteiger partial charge in [0.25, 0.3) is 0 Å². The van der Waals surface area contributed by atoms with Gasteiger partial charge in [0, 0.05) is 4.88 Å². The summed E-state index contributed by atoms with van der Waals surface area (Å²) in [6.07, 6.45) is -4.04. The quantitative estimate of drug-likeness (QED) is 0.705. The van der Waals surface area contributed by atoms with Crippen LogP contribution in [-0.4, -0.2) is 24.8 Å². The summed E-state index contributed by atoms with van der Waals surface area (Å²) < 4.78 is 9.72. The van der Waals surface area contributed by atoms with Crippen molar-refractivity contribution in [1.29, 1.82) is 0 Å². The second-order valence-electron chi connectivity index (χ2n) is 3.16. The first-order valence-electron chi connectivity index (χ1n) is 4.85. The van der Waals surface area contributed by atoms with E-state index in [4.69, 9.17) is 10.5 Å². The molecule has 1 aromatic rings. The third-order valence-corrected chi connectivity index (χ3v) is 3.51. The molecule has 0 fully saturated rings. The van der Waals surface area contributed by atoms with Crippen molar-refractivity contribution in [2.75, 3.05) is 6.54 Å². The molecule has 0 unspecified atom stereocenters. The van der Waals surface area contributed by atoms with Crippen LogP contribution in [0.5, 0.6) is 0 Å². The van der Waals surface area contributed by atoms with E-state index in [0.717, 1.165) is 3.79 Å².